The molecule has 0 fully saturated rings. The van der Waals surface area contributed by atoms with Crippen LogP contribution in [0.4, 0.5) is 23.2 Å². The summed E-state index contributed by atoms with van der Waals surface area (Å²) in [5.41, 5.74) is -1.58. The summed E-state index contributed by atoms with van der Waals surface area (Å²) >= 11 is 0. The highest BCUT2D eigenvalue weighted by molar-refractivity contribution is 5.72. The van der Waals surface area contributed by atoms with Crippen LogP contribution < -0.4 is 5.32 Å². The maximum Gasteiger partial charge on any atom is 0.419 e. The van der Waals surface area contributed by atoms with Crippen molar-refractivity contribution in [3.05, 3.63) is 29.6 Å². The van der Waals surface area contributed by atoms with Crippen LogP contribution in [-0.4, -0.2) is 6.41 Å². The van der Waals surface area contributed by atoms with Crippen molar-refractivity contribution in [3.8, 4) is 0 Å². The summed E-state index contributed by atoms with van der Waals surface area (Å²) < 4.78 is 49.0. The summed E-state index contributed by atoms with van der Waals surface area (Å²) in [6.07, 6.45) is -3.58. The number of alkyl halides is 3. The number of anilines is 1. The molecule has 1 aromatic rings. The molecule has 1 amide bonds. The highest BCUT2D eigenvalue weighted by Crippen LogP contribution is 2.32. The normalized spacial score (nSPS) is 11.1. The summed E-state index contributed by atoms with van der Waals surface area (Å²) in [6, 6.07) is 2.14. The Labute approximate surface area is 76.5 Å². The van der Waals surface area contributed by atoms with E-state index >= 15 is 0 Å². The number of rotatable bonds is 2. The molecule has 2 nitrogen and oxygen atoms in total. The molecule has 0 aliphatic carbocycles. The van der Waals surface area contributed by atoms with E-state index in [0.717, 1.165) is 6.07 Å². The van der Waals surface area contributed by atoms with Crippen LogP contribution in [-0.2, 0) is 11.0 Å². The van der Waals surface area contributed by atoms with E-state index in [0.29, 0.717) is 12.1 Å². The lowest BCUT2D eigenvalue weighted by Gasteiger charge is -2.08. The molecule has 0 aromatic heterocycles. The molecular weight excluding hydrogens is 202 g/mol. The topological polar surface area (TPSA) is 29.1 Å². The minimum absolute atomic E-state index is 0.159. The molecule has 0 spiro atoms. The third-order valence-electron chi connectivity index (χ3n) is 1.47. The van der Waals surface area contributed by atoms with Crippen molar-refractivity contribution >= 4 is 12.1 Å². The Balaban J connectivity index is 3.15. The molecule has 6 heteroatoms. The van der Waals surface area contributed by atoms with Gasteiger partial charge in [0.05, 0.1) is 5.56 Å². The van der Waals surface area contributed by atoms with E-state index in [2.05, 4.69) is 0 Å². The van der Waals surface area contributed by atoms with Crippen LogP contribution in [0.5, 0.6) is 0 Å². The van der Waals surface area contributed by atoms with Crippen molar-refractivity contribution in [3.63, 3.8) is 0 Å². The Morgan fingerprint density at radius 3 is 2.43 bits per heavy atom. The third-order valence-corrected chi connectivity index (χ3v) is 1.47. The maximum atomic E-state index is 12.7. The Hall–Kier alpha value is -1.59. The summed E-state index contributed by atoms with van der Waals surface area (Å²) in [5.74, 6) is -1.38. The zero-order valence-corrected chi connectivity index (χ0v) is 6.65. The van der Waals surface area contributed by atoms with Gasteiger partial charge in [-0.1, -0.05) is 0 Å². The van der Waals surface area contributed by atoms with Crippen molar-refractivity contribution < 1.29 is 22.4 Å². The van der Waals surface area contributed by atoms with Crippen molar-refractivity contribution in [1.29, 1.82) is 0 Å². The number of halogens is 4. The van der Waals surface area contributed by atoms with Crippen LogP contribution in [0.1, 0.15) is 5.56 Å². The van der Waals surface area contributed by atoms with Gasteiger partial charge in [-0.15, -0.1) is 0 Å². The molecule has 1 radical (unpaired) electrons. The van der Waals surface area contributed by atoms with Crippen LogP contribution in [0, 0.1) is 5.82 Å². The zero-order chi connectivity index (χ0) is 10.8. The van der Waals surface area contributed by atoms with Crippen LogP contribution in [0.3, 0.4) is 0 Å². The molecule has 75 valence electrons. The van der Waals surface area contributed by atoms with Gasteiger partial charge in [-0.05, 0) is 18.2 Å². The predicted molar refractivity (Wildman–Crippen MR) is 40.7 cm³/mol. The Morgan fingerprint density at radius 1 is 1.29 bits per heavy atom. The minimum atomic E-state index is -4.77. The fourth-order valence-electron chi connectivity index (χ4n) is 0.879. The quantitative estimate of drug-likeness (QED) is 0.583. The number of hydrogen-bond acceptors (Lipinski definition) is 1. The first-order valence-corrected chi connectivity index (χ1v) is 3.45. The monoisotopic (exact) mass is 206 g/mol. The molecular formula is C8H4F4NO. The maximum absolute atomic E-state index is 12.7. The van der Waals surface area contributed by atoms with Gasteiger partial charge >= 0.3 is 12.6 Å². The fourth-order valence-corrected chi connectivity index (χ4v) is 0.879. The standard InChI is InChI=1S/C8H4F4NO/c9-7-2-1-5(13-4-14)3-6(7)8(10,11)12/h1-3H,(H,13,14). The summed E-state index contributed by atoms with van der Waals surface area (Å²) in [5, 5.41) is 1.88. The number of nitrogens with one attached hydrogen (secondary N) is 1. The van der Waals surface area contributed by atoms with Crippen LogP contribution in [0.15, 0.2) is 18.2 Å². The van der Waals surface area contributed by atoms with E-state index in [1.54, 1.807) is 0 Å². The Kier molecular flexibility index (Phi) is 2.73. The smallest absolute Gasteiger partial charge is 0.318 e. The summed E-state index contributed by atoms with van der Waals surface area (Å²) in [6.45, 7) is 0. The largest absolute Gasteiger partial charge is 0.419 e. The highest BCUT2D eigenvalue weighted by atomic mass is 19.4. The summed E-state index contributed by atoms with van der Waals surface area (Å²) in [4.78, 5) is 9.81. The van der Waals surface area contributed by atoms with E-state index in [4.69, 9.17) is 0 Å². The number of benzene rings is 1. The number of carbonyl (C=O) groups excluding carboxylic acids is 1. The highest BCUT2D eigenvalue weighted by Gasteiger charge is 2.34. The molecule has 0 saturated carbocycles. The first-order valence-electron chi connectivity index (χ1n) is 3.45. The van der Waals surface area contributed by atoms with E-state index in [1.807, 2.05) is 5.32 Å². The van der Waals surface area contributed by atoms with Gasteiger partial charge in [0.1, 0.15) is 5.82 Å². The molecule has 0 bridgehead atoms. The van der Waals surface area contributed by atoms with Crippen LogP contribution in [0.25, 0.3) is 0 Å². The van der Waals surface area contributed by atoms with Gasteiger partial charge < -0.3 is 5.32 Å². The predicted octanol–water partition coefficient (Wildman–Crippen LogP) is 2.32. The molecule has 0 heterocycles. The number of amides is 1. The zero-order valence-electron chi connectivity index (χ0n) is 6.65. The van der Waals surface area contributed by atoms with Crippen molar-refractivity contribution in [2.75, 3.05) is 5.32 Å². The fraction of sp³-hybridized carbons (Fsp3) is 0.125. The molecule has 0 saturated heterocycles. The van der Waals surface area contributed by atoms with Gasteiger partial charge in [-0.3, -0.25) is 4.79 Å². The van der Waals surface area contributed by atoms with Crippen molar-refractivity contribution in [2.45, 2.75) is 6.18 Å². The van der Waals surface area contributed by atoms with E-state index in [-0.39, 0.29) is 5.69 Å². The van der Waals surface area contributed by atoms with Gasteiger partial charge in [-0.2, -0.15) is 13.2 Å². The first kappa shape index (κ1) is 10.5. The van der Waals surface area contributed by atoms with Crippen LogP contribution in [0.2, 0.25) is 0 Å². The molecule has 0 unspecified atom stereocenters. The second kappa shape index (κ2) is 3.65. The van der Waals surface area contributed by atoms with Gasteiger partial charge in [-0.25, -0.2) is 4.39 Å². The lowest BCUT2D eigenvalue weighted by atomic mass is 10.2. The van der Waals surface area contributed by atoms with Gasteiger partial charge in [0.2, 0.25) is 0 Å². The van der Waals surface area contributed by atoms with Crippen molar-refractivity contribution in [2.24, 2.45) is 0 Å². The average Bonchev–Trinajstić information content (AvgIpc) is 2.07. The lowest BCUT2D eigenvalue weighted by Crippen LogP contribution is -2.09. The van der Waals surface area contributed by atoms with Gasteiger partial charge in [0, 0.05) is 5.69 Å². The molecule has 14 heavy (non-hydrogen) atoms. The molecule has 1 aromatic carbocycles. The number of hydrogen-bond donors (Lipinski definition) is 1. The lowest BCUT2D eigenvalue weighted by molar-refractivity contribution is -0.139. The van der Waals surface area contributed by atoms with Crippen molar-refractivity contribution in [1.82, 2.24) is 0 Å². The molecule has 0 aliphatic rings. The van der Waals surface area contributed by atoms with Gasteiger partial charge in [0.25, 0.3) is 0 Å². The van der Waals surface area contributed by atoms with E-state index < -0.39 is 17.6 Å². The third kappa shape index (κ3) is 2.21. The Bertz CT molecular complexity index is 348. The first-order chi connectivity index (χ1) is 6.45. The second-order valence-corrected chi connectivity index (χ2v) is 2.42. The SMILES string of the molecule is O=[C]Nc1ccc(F)c(C(F)(F)F)c1. The minimum Gasteiger partial charge on any atom is -0.318 e. The second-order valence-electron chi connectivity index (χ2n) is 2.42. The van der Waals surface area contributed by atoms with Crippen LogP contribution >= 0.6 is 0 Å². The molecule has 1 rings (SSSR count). The molecule has 1 N–H and O–H groups in total. The summed E-state index contributed by atoms with van der Waals surface area (Å²) in [7, 11) is 0. The van der Waals surface area contributed by atoms with E-state index in [9.17, 15) is 22.4 Å². The van der Waals surface area contributed by atoms with Gasteiger partial charge in [0.15, 0.2) is 0 Å². The molecule has 0 atom stereocenters. The molecule has 0 aliphatic heterocycles. The average molecular weight is 206 g/mol. The Morgan fingerprint density at radius 2 is 1.93 bits per heavy atom. The van der Waals surface area contributed by atoms with E-state index in [1.165, 1.54) is 6.41 Å².